The Morgan fingerprint density at radius 2 is 2.30 bits per heavy atom. The fourth-order valence-electron chi connectivity index (χ4n) is 1.63. The van der Waals surface area contributed by atoms with E-state index in [1.165, 1.54) is 23.4 Å². The maximum absolute atomic E-state index is 12.0. The molecule has 0 aromatic carbocycles. The van der Waals surface area contributed by atoms with E-state index in [4.69, 9.17) is 5.73 Å². The molecule has 0 aliphatic heterocycles. The van der Waals surface area contributed by atoms with Crippen molar-refractivity contribution >= 4 is 10.0 Å². The van der Waals surface area contributed by atoms with E-state index < -0.39 is 10.0 Å². The minimum atomic E-state index is -3.52. The standard InChI is InChI=1S/C10H17N7O2S/c11-3-5-17-7-9(6-14-17)20(18,19)15-4-1-2-10-12-8-13-16-10/h6-8,15H,1-5,11H2,(H,12,13,16). The topological polar surface area (TPSA) is 132 Å². The van der Waals surface area contributed by atoms with Crippen LogP contribution in [0.2, 0.25) is 0 Å². The molecule has 0 spiro atoms. The Labute approximate surface area is 116 Å². The second kappa shape index (κ2) is 6.59. The summed E-state index contributed by atoms with van der Waals surface area (Å²) in [5.41, 5.74) is 5.38. The van der Waals surface area contributed by atoms with Crippen molar-refractivity contribution < 1.29 is 8.42 Å². The zero-order valence-corrected chi connectivity index (χ0v) is 11.7. The summed E-state index contributed by atoms with van der Waals surface area (Å²) in [7, 11) is -3.52. The third-order valence-corrected chi connectivity index (χ3v) is 4.04. The van der Waals surface area contributed by atoms with Crippen LogP contribution >= 0.6 is 0 Å². The molecule has 10 heteroatoms. The molecule has 110 valence electrons. The first kappa shape index (κ1) is 14.6. The first-order chi connectivity index (χ1) is 9.62. The number of rotatable bonds is 8. The van der Waals surface area contributed by atoms with E-state index >= 15 is 0 Å². The second-order valence-corrected chi connectivity index (χ2v) is 5.93. The number of nitrogens with zero attached hydrogens (tertiary/aromatic N) is 4. The van der Waals surface area contributed by atoms with E-state index in [2.05, 4.69) is 25.0 Å². The second-order valence-electron chi connectivity index (χ2n) is 4.16. The Hall–Kier alpha value is -1.78. The lowest BCUT2D eigenvalue weighted by Crippen LogP contribution is -2.25. The molecule has 0 saturated heterocycles. The molecule has 0 fully saturated rings. The number of hydrogen-bond donors (Lipinski definition) is 3. The quantitative estimate of drug-likeness (QED) is 0.529. The van der Waals surface area contributed by atoms with Crippen LogP contribution in [-0.4, -0.2) is 46.5 Å². The van der Waals surface area contributed by atoms with Crippen molar-refractivity contribution in [2.75, 3.05) is 13.1 Å². The Bertz CT molecular complexity index is 620. The molecule has 0 unspecified atom stereocenters. The van der Waals surface area contributed by atoms with Crippen LogP contribution in [0.1, 0.15) is 12.2 Å². The minimum absolute atomic E-state index is 0.144. The number of H-pyrrole nitrogens is 1. The Balaban J connectivity index is 1.83. The van der Waals surface area contributed by atoms with E-state index in [0.717, 1.165) is 5.82 Å². The summed E-state index contributed by atoms with van der Waals surface area (Å²) in [5, 5.41) is 10.4. The fourth-order valence-corrected chi connectivity index (χ4v) is 2.66. The molecule has 2 aromatic rings. The van der Waals surface area contributed by atoms with Gasteiger partial charge in [-0.3, -0.25) is 9.78 Å². The van der Waals surface area contributed by atoms with E-state index in [-0.39, 0.29) is 4.90 Å². The molecule has 0 radical (unpaired) electrons. The summed E-state index contributed by atoms with van der Waals surface area (Å²) in [4.78, 5) is 4.11. The molecule has 0 saturated carbocycles. The van der Waals surface area contributed by atoms with E-state index in [9.17, 15) is 8.42 Å². The maximum atomic E-state index is 12.0. The highest BCUT2D eigenvalue weighted by Crippen LogP contribution is 2.06. The van der Waals surface area contributed by atoms with Gasteiger partial charge in [0, 0.05) is 25.7 Å². The van der Waals surface area contributed by atoms with Crippen LogP contribution in [0.3, 0.4) is 0 Å². The predicted molar refractivity (Wildman–Crippen MR) is 71.2 cm³/mol. The van der Waals surface area contributed by atoms with Crippen molar-refractivity contribution in [1.82, 2.24) is 29.7 Å². The lowest BCUT2D eigenvalue weighted by molar-refractivity contribution is 0.577. The van der Waals surface area contributed by atoms with Gasteiger partial charge in [-0.25, -0.2) is 18.1 Å². The fraction of sp³-hybridized carbons (Fsp3) is 0.500. The number of aryl methyl sites for hydroxylation is 1. The molecule has 20 heavy (non-hydrogen) atoms. The summed E-state index contributed by atoms with van der Waals surface area (Å²) in [6.45, 7) is 1.22. The molecule has 0 bridgehead atoms. The van der Waals surface area contributed by atoms with E-state index in [0.29, 0.717) is 32.5 Å². The van der Waals surface area contributed by atoms with Crippen LogP contribution in [0.5, 0.6) is 0 Å². The number of aromatic nitrogens is 5. The number of sulfonamides is 1. The van der Waals surface area contributed by atoms with Crippen molar-refractivity contribution in [3.05, 3.63) is 24.5 Å². The predicted octanol–water partition coefficient (Wildman–Crippen LogP) is -1.13. The molecule has 9 nitrogen and oxygen atoms in total. The van der Waals surface area contributed by atoms with Crippen LogP contribution in [0, 0.1) is 0 Å². The summed E-state index contributed by atoms with van der Waals surface area (Å²) in [5.74, 6) is 0.736. The normalized spacial score (nSPS) is 11.8. The highest BCUT2D eigenvalue weighted by Gasteiger charge is 2.15. The first-order valence-electron chi connectivity index (χ1n) is 6.18. The molecule has 0 aliphatic carbocycles. The first-order valence-corrected chi connectivity index (χ1v) is 7.66. The molecular weight excluding hydrogens is 282 g/mol. The average molecular weight is 299 g/mol. The van der Waals surface area contributed by atoms with Gasteiger partial charge in [0.25, 0.3) is 0 Å². The van der Waals surface area contributed by atoms with Gasteiger partial charge in [0.15, 0.2) is 0 Å². The van der Waals surface area contributed by atoms with Crippen molar-refractivity contribution in [2.24, 2.45) is 5.73 Å². The summed E-state index contributed by atoms with van der Waals surface area (Å²) >= 11 is 0. The van der Waals surface area contributed by atoms with E-state index in [1.807, 2.05) is 0 Å². The third kappa shape index (κ3) is 3.85. The lowest BCUT2D eigenvalue weighted by Gasteiger charge is -2.03. The SMILES string of the molecule is NCCn1cc(S(=O)(=O)NCCCc2ncn[nH]2)cn1. The zero-order valence-electron chi connectivity index (χ0n) is 10.9. The van der Waals surface area contributed by atoms with Crippen molar-refractivity contribution in [2.45, 2.75) is 24.3 Å². The lowest BCUT2D eigenvalue weighted by atomic mass is 10.3. The van der Waals surface area contributed by atoms with Gasteiger partial charge in [-0.1, -0.05) is 0 Å². The summed E-state index contributed by atoms with van der Waals surface area (Å²) in [6, 6.07) is 0. The molecule has 2 aromatic heterocycles. The largest absolute Gasteiger partial charge is 0.329 e. The van der Waals surface area contributed by atoms with Crippen molar-refractivity contribution in [3.63, 3.8) is 0 Å². The molecule has 0 aliphatic rings. The van der Waals surface area contributed by atoms with Gasteiger partial charge in [-0.2, -0.15) is 10.2 Å². The van der Waals surface area contributed by atoms with Gasteiger partial charge < -0.3 is 5.73 Å². The van der Waals surface area contributed by atoms with Gasteiger partial charge in [-0.15, -0.1) is 0 Å². The number of nitrogens with two attached hydrogens (primary N) is 1. The number of aromatic amines is 1. The van der Waals surface area contributed by atoms with Gasteiger partial charge in [0.05, 0.1) is 12.7 Å². The maximum Gasteiger partial charge on any atom is 0.243 e. The van der Waals surface area contributed by atoms with Crippen LogP contribution in [0.25, 0.3) is 0 Å². The Morgan fingerprint density at radius 3 is 3.00 bits per heavy atom. The molecule has 4 N–H and O–H groups in total. The average Bonchev–Trinajstić information content (AvgIpc) is 3.06. The van der Waals surface area contributed by atoms with Gasteiger partial charge in [0.2, 0.25) is 10.0 Å². The van der Waals surface area contributed by atoms with Gasteiger partial charge >= 0.3 is 0 Å². The van der Waals surface area contributed by atoms with Crippen LogP contribution in [0.15, 0.2) is 23.6 Å². The minimum Gasteiger partial charge on any atom is -0.329 e. The Morgan fingerprint density at radius 1 is 1.45 bits per heavy atom. The summed E-state index contributed by atoms with van der Waals surface area (Å²) < 4.78 is 28.0. The summed E-state index contributed by atoms with van der Waals surface area (Å²) in [6.07, 6.45) is 5.46. The monoisotopic (exact) mass is 299 g/mol. The highest BCUT2D eigenvalue weighted by atomic mass is 32.2. The zero-order chi connectivity index (χ0) is 14.4. The van der Waals surface area contributed by atoms with Crippen molar-refractivity contribution in [3.8, 4) is 0 Å². The van der Waals surface area contributed by atoms with Crippen LogP contribution in [0.4, 0.5) is 0 Å². The number of hydrogen-bond acceptors (Lipinski definition) is 6. The van der Waals surface area contributed by atoms with Crippen LogP contribution < -0.4 is 10.5 Å². The molecule has 2 heterocycles. The molecule has 2 rings (SSSR count). The van der Waals surface area contributed by atoms with Crippen LogP contribution in [-0.2, 0) is 23.0 Å². The van der Waals surface area contributed by atoms with Gasteiger partial charge in [-0.05, 0) is 6.42 Å². The molecule has 0 atom stereocenters. The van der Waals surface area contributed by atoms with E-state index in [1.54, 1.807) is 0 Å². The van der Waals surface area contributed by atoms with Gasteiger partial charge in [0.1, 0.15) is 17.0 Å². The smallest absolute Gasteiger partial charge is 0.243 e. The third-order valence-electron chi connectivity index (χ3n) is 2.63. The van der Waals surface area contributed by atoms with Crippen molar-refractivity contribution in [1.29, 1.82) is 0 Å². The Kier molecular flexibility index (Phi) is 4.82. The number of nitrogens with one attached hydrogen (secondary N) is 2. The molecule has 0 amide bonds. The highest BCUT2D eigenvalue weighted by molar-refractivity contribution is 7.89. The molecular formula is C10H17N7O2S.